The zero-order valence-electron chi connectivity index (χ0n) is 10.5. The van der Waals surface area contributed by atoms with Crippen molar-refractivity contribution in [3.8, 4) is 0 Å². The number of pyridine rings is 1. The molecule has 0 spiro atoms. The van der Waals surface area contributed by atoms with E-state index in [0.717, 1.165) is 16.7 Å². The highest BCUT2D eigenvalue weighted by Gasteiger charge is 2.06. The van der Waals surface area contributed by atoms with E-state index in [2.05, 4.69) is 50.4 Å². The molecule has 0 amide bonds. The van der Waals surface area contributed by atoms with Gasteiger partial charge in [0.2, 0.25) is 5.95 Å². The quantitative estimate of drug-likeness (QED) is 0.805. The Morgan fingerprint density at radius 2 is 2.05 bits per heavy atom. The molecule has 19 heavy (non-hydrogen) atoms. The molecule has 0 saturated carbocycles. The number of nitrogens with zero attached hydrogens (tertiary/aromatic N) is 3. The van der Waals surface area contributed by atoms with Crippen LogP contribution in [0.2, 0.25) is 0 Å². The van der Waals surface area contributed by atoms with Gasteiger partial charge in [-0.15, -0.1) is 5.10 Å². The van der Waals surface area contributed by atoms with Crippen molar-refractivity contribution >= 4 is 27.5 Å². The van der Waals surface area contributed by atoms with Crippen LogP contribution in [0, 0.1) is 6.92 Å². The third kappa shape index (κ3) is 2.46. The van der Waals surface area contributed by atoms with Gasteiger partial charge in [0.05, 0.1) is 4.47 Å². The number of benzene rings is 1. The zero-order chi connectivity index (χ0) is 13.2. The van der Waals surface area contributed by atoms with Gasteiger partial charge < -0.3 is 5.32 Å². The van der Waals surface area contributed by atoms with Crippen LogP contribution in [-0.4, -0.2) is 14.6 Å². The van der Waals surface area contributed by atoms with E-state index in [4.69, 9.17) is 0 Å². The number of fused-ring (bicyclic) bond motifs is 1. The summed E-state index contributed by atoms with van der Waals surface area (Å²) in [6.45, 7) is 2.83. The number of nitrogens with one attached hydrogen (secondary N) is 1. The topological polar surface area (TPSA) is 42.2 Å². The fraction of sp³-hybridized carbons (Fsp3) is 0.143. The summed E-state index contributed by atoms with van der Waals surface area (Å²) in [5, 5.41) is 7.64. The predicted octanol–water partition coefficient (Wildman–Crippen LogP) is 3.41. The molecule has 0 aliphatic carbocycles. The van der Waals surface area contributed by atoms with Gasteiger partial charge in [-0.1, -0.05) is 24.3 Å². The number of halogens is 1. The van der Waals surface area contributed by atoms with Crippen LogP contribution < -0.4 is 5.32 Å². The summed E-state index contributed by atoms with van der Waals surface area (Å²) in [6.07, 6.45) is 1.88. The average Bonchev–Trinajstić information content (AvgIpc) is 2.82. The maximum absolute atomic E-state index is 4.45. The molecule has 2 aromatic heterocycles. The molecular formula is C14H13BrN4. The van der Waals surface area contributed by atoms with Crippen molar-refractivity contribution < 1.29 is 0 Å². The van der Waals surface area contributed by atoms with Crippen LogP contribution in [0.5, 0.6) is 0 Å². The third-order valence-electron chi connectivity index (χ3n) is 3.01. The van der Waals surface area contributed by atoms with Crippen molar-refractivity contribution in [1.82, 2.24) is 14.6 Å². The Morgan fingerprint density at radius 3 is 2.84 bits per heavy atom. The molecule has 0 aliphatic heterocycles. The maximum Gasteiger partial charge on any atom is 0.243 e. The van der Waals surface area contributed by atoms with E-state index >= 15 is 0 Å². The number of rotatable bonds is 3. The standard InChI is InChI=1S/C14H13BrN4/c1-10-5-2-3-6-11(10)9-16-14-17-13-12(15)7-4-8-19(13)18-14/h2-8H,9H2,1H3,(H,16,18). The van der Waals surface area contributed by atoms with E-state index in [1.807, 2.05) is 30.5 Å². The van der Waals surface area contributed by atoms with Gasteiger partial charge in [-0.05, 0) is 46.1 Å². The first-order valence-corrected chi connectivity index (χ1v) is 6.82. The Labute approximate surface area is 119 Å². The van der Waals surface area contributed by atoms with Crippen molar-refractivity contribution in [3.63, 3.8) is 0 Å². The van der Waals surface area contributed by atoms with E-state index in [9.17, 15) is 0 Å². The number of aromatic nitrogens is 3. The number of aryl methyl sites for hydroxylation is 1. The van der Waals surface area contributed by atoms with Crippen LogP contribution in [-0.2, 0) is 6.54 Å². The minimum atomic E-state index is 0.634. The summed E-state index contributed by atoms with van der Waals surface area (Å²) in [5.41, 5.74) is 3.33. The molecule has 96 valence electrons. The summed E-state index contributed by atoms with van der Waals surface area (Å²) in [5.74, 6) is 0.634. The summed E-state index contributed by atoms with van der Waals surface area (Å²) in [7, 11) is 0. The van der Waals surface area contributed by atoms with Gasteiger partial charge in [0.1, 0.15) is 0 Å². The number of hydrogen-bond acceptors (Lipinski definition) is 3. The van der Waals surface area contributed by atoms with Crippen molar-refractivity contribution in [2.24, 2.45) is 0 Å². The Balaban J connectivity index is 1.83. The largest absolute Gasteiger partial charge is 0.349 e. The minimum absolute atomic E-state index is 0.634. The van der Waals surface area contributed by atoms with Crippen LogP contribution in [0.4, 0.5) is 5.95 Å². The first-order valence-electron chi connectivity index (χ1n) is 6.03. The van der Waals surface area contributed by atoms with Gasteiger partial charge in [-0.3, -0.25) is 0 Å². The van der Waals surface area contributed by atoms with Crippen molar-refractivity contribution in [2.75, 3.05) is 5.32 Å². The smallest absolute Gasteiger partial charge is 0.243 e. The molecule has 3 aromatic rings. The van der Waals surface area contributed by atoms with Crippen molar-refractivity contribution in [1.29, 1.82) is 0 Å². The first kappa shape index (κ1) is 12.2. The van der Waals surface area contributed by atoms with Crippen LogP contribution in [0.25, 0.3) is 5.65 Å². The normalized spacial score (nSPS) is 10.8. The van der Waals surface area contributed by atoms with Gasteiger partial charge in [0.15, 0.2) is 5.65 Å². The van der Waals surface area contributed by atoms with Crippen LogP contribution >= 0.6 is 15.9 Å². The molecule has 0 unspecified atom stereocenters. The maximum atomic E-state index is 4.45. The second-order valence-corrected chi connectivity index (χ2v) is 5.19. The summed E-state index contributed by atoms with van der Waals surface area (Å²) < 4.78 is 2.69. The molecule has 5 heteroatoms. The summed E-state index contributed by atoms with van der Waals surface area (Å²) in [6, 6.07) is 12.2. The minimum Gasteiger partial charge on any atom is -0.349 e. The predicted molar refractivity (Wildman–Crippen MR) is 79.2 cm³/mol. The number of anilines is 1. The van der Waals surface area contributed by atoms with Gasteiger partial charge in [0, 0.05) is 12.7 Å². The van der Waals surface area contributed by atoms with E-state index < -0.39 is 0 Å². The van der Waals surface area contributed by atoms with Gasteiger partial charge in [-0.2, -0.15) is 4.98 Å². The molecule has 4 nitrogen and oxygen atoms in total. The molecule has 0 atom stereocenters. The lowest BCUT2D eigenvalue weighted by molar-refractivity contribution is 0.947. The average molecular weight is 317 g/mol. The van der Waals surface area contributed by atoms with E-state index in [1.54, 1.807) is 4.52 Å². The van der Waals surface area contributed by atoms with Crippen molar-refractivity contribution in [3.05, 3.63) is 58.2 Å². The molecule has 0 bridgehead atoms. The second kappa shape index (κ2) is 5.01. The fourth-order valence-corrected chi connectivity index (χ4v) is 2.35. The Kier molecular flexibility index (Phi) is 3.21. The third-order valence-corrected chi connectivity index (χ3v) is 3.63. The zero-order valence-corrected chi connectivity index (χ0v) is 12.1. The number of hydrogen-bond donors (Lipinski definition) is 1. The van der Waals surface area contributed by atoms with Gasteiger partial charge in [-0.25, -0.2) is 4.52 Å². The molecule has 0 saturated heterocycles. The highest BCUT2D eigenvalue weighted by molar-refractivity contribution is 9.10. The molecule has 1 N–H and O–H groups in total. The van der Waals surface area contributed by atoms with Gasteiger partial charge in [0.25, 0.3) is 0 Å². The molecule has 0 radical (unpaired) electrons. The highest BCUT2D eigenvalue weighted by atomic mass is 79.9. The van der Waals surface area contributed by atoms with Gasteiger partial charge >= 0.3 is 0 Å². The Morgan fingerprint density at radius 1 is 1.21 bits per heavy atom. The lowest BCUT2D eigenvalue weighted by atomic mass is 10.1. The van der Waals surface area contributed by atoms with E-state index in [-0.39, 0.29) is 0 Å². The molecule has 0 aliphatic rings. The van der Waals surface area contributed by atoms with E-state index in [1.165, 1.54) is 11.1 Å². The molecule has 2 heterocycles. The summed E-state index contributed by atoms with van der Waals surface area (Å²) in [4.78, 5) is 4.45. The molecule has 1 aromatic carbocycles. The monoisotopic (exact) mass is 316 g/mol. The van der Waals surface area contributed by atoms with Crippen LogP contribution in [0.3, 0.4) is 0 Å². The SMILES string of the molecule is Cc1ccccc1CNc1nc2c(Br)cccn2n1. The van der Waals surface area contributed by atoms with Crippen LogP contribution in [0.1, 0.15) is 11.1 Å². The molecule has 3 rings (SSSR count). The van der Waals surface area contributed by atoms with Crippen molar-refractivity contribution in [2.45, 2.75) is 13.5 Å². The lowest BCUT2D eigenvalue weighted by Gasteiger charge is -2.05. The highest BCUT2D eigenvalue weighted by Crippen LogP contribution is 2.17. The molecule has 0 fully saturated rings. The second-order valence-electron chi connectivity index (χ2n) is 4.34. The summed E-state index contributed by atoms with van der Waals surface area (Å²) >= 11 is 3.47. The lowest BCUT2D eigenvalue weighted by Crippen LogP contribution is -2.02. The van der Waals surface area contributed by atoms with Crippen LogP contribution in [0.15, 0.2) is 47.1 Å². The molecular weight excluding hydrogens is 304 g/mol. The fourth-order valence-electron chi connectivity index (χ4n) is 1.93. The first-order chi connectivity index (χ1) is 9.24. The Hall–Kier alpha value is -1.88. The Bertz CT molecular complexity index is 720. The van der Waals surface area contributed by atoms with E-state index in [0.29, 0.717) is 5.95 Å².